The van der Waals surface area contributed by atoms with E-state index in [1.54, 1.807) is 4.90 Å². The number of morpholine rings is 1. The Morgan fingerprint density at radius 3 is 2.75 bits per heavy atom. The lowest BCUT2D eigenvalue weighted by Crippen LogP contribution is -2.48. The van der Waals surface area contributed by atoms with Crippen molar-refractivity contribution in [2.75, 3.05) is 19.6 Å². The van der Waals surface area contributed by atoms with E-state index in [-0.39, 0.29) is 23.7 Å². The Morgan fingerprint density at radius 1 is 1.42 bits per heavy atom. The van der Waals surface area contributed by atoms with Gasteiger partial charge in [-0.2, -0.15) is 5.26 Å². The third kappa shape index (κ3) is 5.10. The van der Waals surface area contributed by atoms with E-state index in [9.17, 15) is 10.1 Å². The molecule has 1 aromatic carbocycles. The predicted molar refractivity (Wildman–Crippen MR) is 93.2 cm³/mol. The van der Waals surface area contributed by atoms with Crippen molar-refractivity contribution in [2.45, 2.75) is 39.4 Å². The molecule has 1 heterocycles. The lowest BCUT2D eigenvalue weighted by molar-refractivity contribution is -0.138. The summed E-state index contributed by atoms with van der Waals surface area (Å²) in [6.07, 6.45) is 2.36. The van der Waals surface area contributed by atoms with E-state index < -0.39 is 0 Å². The molecular weight excluding hydrogens is 302 g/mol. The Hall–Kier alpha value is -2.32. The van der Waals surface area contributed by atoms with Gasteiger partial charge < -0.3 is 15.0 Å². The molecule has 24 heavy (non-hydrogen) atoms. The highest BCUT2D eigenvalue weighted by Crippen LogP contribution is 2.13. The van der Waals surface area contributed by atoms with E-state index in [2.05, 4.69) is 30.4 Å². The molecule has 0 radical (unpaired) electrons. The number of nitriles is 1. The third-order valence-corrected chi connectivity index (χ3v) is 3.94. The van der Waals surface area contributed by atoms with Crippen molar-refractivity contribution < 1.29 is 9.53 Å². The van der Waals surface area contributed by atoms with Gasteiger partial charge in [-0.15, -0.1) is 0 Å². The number of hydrogen-bond acceptors (Lipinski definition) is 4. The third-order valence-electron chi connectivity index (χ3n) is 3.94. The number of amides is 1. The summed E-state index contributed by atoms with van der Waals surface area (Å²) in [5, 5.41) is 12.4. The molecule has 1 aliphatic rings. The number of carbonyl (C=O) groups is 1. The maximum absolute atomic E-state index is 12.5. The number of benzene rings is 1. The van der Waals surface area contributed by atoms with Gasteiger partial charge in [0.2, 0.25) is 0 Å². The molecule has 1 aliphatic heterocycles. The molecule has 2 rings (SSSR count). The fourth-order valence-corrected chi connectivity index (χ4v) is 2.91. The summed E-state index contributed by atoms with van der Waals surface area (Å²) in [5.41, 5.74) is 2.60. The number of carbonyl (C=O) groups excluding carboxylic acids is 1. The van der Waals surface area contributed by atoms with Crippen LogP contribution in [0.25, 0.3) is 0 Å². The van der Waals surface area contributed by atoms with Crippen molar-refractivity contribution in [3.63, 3.8) is 0 Å². The number of ether oxygens (including phenoxy) is 1. The largest absolute Gasteiger partial charge is 0.389 e. The SMILES string of the molecule is Cc1cccc(CCN/C=C(/C#N)C(=O)N2CC(C)OC(C)C2)c1. The van der Waals surface area contributed by atoms with Crippen molar-refractivity contribution >= 4 is 5.91 Å². The van der Waals surface area contributed by atoms with E-state index in [1.807, 2.05) is 26.0 Å². The van der Waals surface area contributed by atoms with Gasteiger partial charge in [0.05, 0.1) is 12.2 Å². The van der Waals surface area contributed by atoms with Crippen LogP contribution in [0.5, 0.6) is 0 Å². The van der Waals surface area contributed by atoms with Crippen LogP contribution in [0.3, 0.4) is 0 Å². The zero-order valence-electron chi connectivity index (χ0n) is 14.6. The van der Waals surface area contributed by atoms with Crippen LogP contribution in [0.4, 0.5) is 0 Å². The highest BCUT2D eigenvalue weighted by molar-refractivity contribution is 5.97. The summed E-state index contributed by atoms with van der Waals surface area (Å²) >= 11 is 0. The molecule has 0 aromatic heterocycles. The molecule has 1 aromatic rings. The molecule has 1 fully saturated rings. The van der Waals surface area contributed by atoms with Gasteiger partial charge in [0, 0.05) is 25.8 Å². The Bertz CT molecular complexity index is 638. The van der Waals surface area contributed by atoms with Crippen LogP contribution in [0.2, 0.25) is 0 Å². The minimum Gasteiger partial charge on any atom is -0.389 e. The van der Waals surface area contributed by atoms with Gasteiger partial charge in [-0.05, 0) is 32.8 Å². The van der Waals surface area contributed by atoms with Crippen molar-refractivity contribution in [2.24, 2.45) is 0 Å². The van der Waals surface area contributed by atoms with E-state index in [1.165, 1.54) is 17.3 Å². The Morgan fingerprint density at radius 2 is 2.12 bits per heavy atom. The zero-order chi connectivity index (χ0) is 17.5. The second-order valence-electron chi connectivity index (χ2n) is 6.33. The van der Waals surface area contributed by atoms with Gasteiger partial charge in [0.15, 0.2) is 0 Å². The van der Waals surface area contributed by atoms with Crippen LogP contribution >= 0.6 is 0 Å². The van der Waals surface area contributed by atoms with Crippen molar-refractivity contribution in [1.82, 2.24) is 10.2 Å². The molecule has 5 heteroatoms. The minimum absolute atomic E-state index is 0.00748. The summed E-state index contributed by atoms with van der Waals surface area (Å²) < 4.78 is 5.63. The minimum atomic E-state index is -0.234. The Balaban J connectivity index is 1.89. The number of aryl methyl sites for hydroxylation is 1. The molecule has 0 saturated carbocycles. The van der Waals surface area contributed by atoms with Crippen molar-refractivity contribution in [3.8, 4) is 6.07 Å². The fraction of sp³-hybridized carbons (Fsp3) is 0.474. The smallest absolute Gasteiger partial charge is 0.266 e. The average Bonchev–Trinajstić information content (AvgIpc) is 2.53. The lowest BCUT2D eigenvalue weighted by atomic mass is 10.1. The first-order valence-electron chi connectivity index (χ1n) is 8.33. The zero-order valence-corrected chi connectivity index (χ0v) is 14.6. The quantitative estimate of drug-likeness (QED) is 0.511. The normalized spacial score (nSPS) is 21.2. The summed E-state index contributed by atoms with van der Waals surface area (Å²) in [7, 11) is 0. The molecule has 1 N–H and O–H groups in total. The van der Waals surface area contributed by atoms with E-state index in [0.29, 0.717) is 19.6 Å². The summed E-state index contributed by atoms with van der Waals surface area (Å²) in [4.78, 5) is 14.2. The molecular formula is C19H25N3O2. The first kappa shape index (κ1) is 18.0. The molecule has 0 spiro atoms. The first-order chi connectivity index (χ1) is 11.5. The maximum atomic E-state index is 12.5. The van der Waals surface area contributed by atoms with Crippen molar-refractivity contribution in [1.29, 1.82) is 5.26 Å². The number of nitrogens with one attached hydrogen (secondary N) is 1. The Labute approximate surface area is 143 Å². The van der Waals surface area contributed by atoms with Crippen LogP contribution in [-0.2, 0) is 16.0 Å². The number of nitrogens with zero attached hydrogens (tertiary/aromatic N) is 2. The molecule has 2 unspecified atom stereocenters. The predicted octanol–water partition coefficient (Wildman–Crippen LogP) is 2.17. The monoisotopic (exact) mass is 327 g/mol. The summed E-state index contributed by atoms with van der Waals surface area (Å²) in [6.45, 7) is 7.65. The van der Waals surface area contributed by atoms with Gasteiger partial charge in [0.25, 0.3) is 5.91 Å². The van der Waals surface area contributed by atoms with Crippen LogP contribution < -0.4 is 5.32 Å². The van der Waals surface area contributed by atoms with Crippen LogP contribution in [0, 0.1) is 18.3 Å². The van der Waals surface area contributed by atoms with Crippen LogP contribution in [-0.4, -0.2) is 42.6 Å². The molecule has 5 nitrogen and oxygen atoms in total. The molecule has 1 saturated heterocycles. The van der Waals surface area contributed by atoms with Gasteiger partial charge >= 0.3 is 0 Å². The Kier molecular flexibility index (Phi) is 6.39. The first-order valence-corrected chi connectivity index (χ1v) is 8.33. The van der Waals surface area contributed by atoms with Gasteiger partial charge in [-0.3, -0.25) is 4.79 Å². The molecule has 2 atom stereocenters. The molecule has 1 amide bonds. The van der Waals surface area contributed by atoms with E-state index in [0.717, 1.165) is 6.42 Å². The highest BCUT2D eigenvalue weighted by atomic mass is 16.5. The fourth-order valence-electron chi connectivity index (χ4n) is 2.91. The van der Waals surface area contributed by atoms with E-state index in [4.69, 9.17) is 4.74 Å². The van der Waals surface area contributed by atoms with E-state index >= 15 is 0 Å². The summed E-state index contributed by atoms with van der Waals surface area (Å²) in [5.74, 6) is -0.234. The number of rotatable bonds is 5. The summed E-state index contributed by atoms with van der Waals surface area (Å²) in [6, 6.07) is 10.3. The second kappa shape index (κ2) is 8.51. The van der Waals surface area contributed by atoms with Crippen molar-refractivity contribution in [3.05, 3.63) is 47.2 Å². The average molecular weight is 327 g/mol. The second-order valence-corrected chi connectivity index (χ2v) is 6.33. The molecule has 0 bridgehead atoms. The number of hydrogen-bond donors (Lipinski definition) is 1. The molecule has 128 valence electrons. The lowest BCUT2D eigenvalue weighted by Gasteiger charge is -2.35. The van der Waals surface area contributed by atoms with Crippen LogP contribution in [0.15, 0.2) is 36.0 Å². The van der Waals surface area contributed by atoms with Crippen LogP contribution in [0.1, 0.15) is 25.0 Å². The standard InChI is InChI=1S/C19H25N3O2/c1-14-5-4-6-17(9-14)7-8-21-11-18(10-20)19(23)22-12-15(2)24-16(3)13-22/h4-6,9,11,15-16,21H,7-8,12-13H2,1-3H3/b18-11-. The maximum Gasteiger partial charge on any atom is 0.266 e. The van der Waals surface area contributed by atoms with Gasteiger partial charge in [0.1, 0.15) is 11.6 Å². The topological polar surface area (TPSA) is 65.4 Å². The molecule has 0 aliphatic carbocycles. The van der Waals surface area contributed by atoms with Gasteiger partial charge in [-0.1, -0.05) is 29.8 Å². The van der Waals surface area contributed by atoms with Gasteiger partial charge in [-0.25, -0.2) is 0 Å². The highest BCUT2D eigenvalue weighted by Gasteiger charge is 2.27.